The topological polar surface area (TPSA) is 64.7 Å². The van der Waals surface area contributed by atoms with Gasteiger partial charge in [-0.3, -0.25) is 9.69 Å². The van der Waals surface area contributed by atoms with Crippen LogP contribution in [0, 0.1) is 0 Å². The molecule has 1 heterocycles. The Labute approximate surface area is 172 Å². The number of carbonyl (C=O) groups excluding carboxylic acids is 2. The number of hydrogen-bond donors (Lipinski definition) is 2. The highest BCUT2D eigenvalue weighted by molar-refractivity contribution is 5.97. The van der Waals surface area contributed by atoms with Gasteiger partial charge in [0.1, 0.15) is 0 Å². The Balaban J connectivity index is 1.59. The molecular weight excluding hydrogens is 364 g/mol. The number of benzene rings is 2. The molecule has 2 N–H and O–H groups in total. The quantitative estimate of drug-likeness (QED) is 0.815. The summed E-state index contributed by atoms with van der Waals surface area (Å²) in [5.74, 6) is 0.0134. The Morgan fingerprint density at radius 3 is 2.52 bits per heavy atom. The van der Waals surface area contributed by atoms with Crippen molar-refractivity contribution in [2.75, 3.05) is 31.5 Å². The lowest BCUT2D eigenvalue weighted by Gasteiger charge is -2.22. The number of hydrogen-bond acceptors (Lipinski definition) is 3. The Bertz CT molecular complexity index is 823. The maximum absolute atomic E-state index is 13.0. The first kappa shape index (κ1) is 20.9. The van der Waals surface area contributed by atoms with Crippen molar-refractivity contribution in [3.05, 3.63) is 65.7 Å². The third kappa shape index (κ3) is 6.32. The fourth-order valence-corrected chi connectivity index (χ4v) is 3.52. The van der Waals surface area contributed by atoms with Crippen molar-refractivity contribution >= 4 is 17.6 Å². The number of carbonyl (C=O) groups is 2. The van der Waals surface area contributed by atoms with E-state index in [1.54, 1.807) is 24.3 Å². The molecule has 29 heavy (non-hydrogen) atoms. The molecule has 0 spiro atoms. The van der Waals surface area contributed by atoms with E-state index in [2.05, 4.69) is 39.8 Å². The van der Waals surface area contributed by atoms with Crippen molar-refractivity contribution in [3.63, 3.8) is 0 Å². The van der Waals surface area contributed by atoms with E-state index in [9.17, 15) is 9.59 Å². The second-order valence-corrected chi connectivity index (χ2v) is 7.74. The predicted octanol–water partition coefficient (Wildman–Crippen LogP) is 3.56. The van der Waals surface area contributed by atoms with Gasteiger partial charge in [0, 0.05) is 50.0 Å². The van der Waals surface area contributed by atoms with Gasteiger partial charge in [0.15, 0.2) is 0 Å². The molecule has 0 saturated carbocycles. The Hall–Kier alpha value is -2.86. The molecule has 1 aliphatic rings. The zero-order chi connectivity index (χ0) is 20.6. The van der Waals surface area contributed by atoms with Crippen molar-refractivity contribution in [2.24, 2.45) is 0 Å². The molecule has 6 nitrogen and oxygen atoms in total. The maximum atomic E-state index is 13.0. The molecule has 2 aromatic rings. The molecule has 3 amide bonds. The zero-order valence-corrected chi connectivity index (χ0v) is 17.2. The fraction of sp³-hybridized carbons (Fsp3) is 0.391. The van der Waals surface area contributed by atoms with Crippen LogP contribution in [0.4, 0.5) is 10.5 Å². The maximum Gasteiger partial charge on any atom is 0.319 e. The minimum atomic E-state index is -0.268. The van der Waals surface area contributed by atoms with Gasteiger partial charge < -0.3 is 15.5 Å². The summed E-state index contributed by atoms with van der Waals surface area (Å²) in [5, 5.41) is 5.57. The van der Waals surface area contributed by atoms with Gasteiger partial charge >= 0.3 is 6.03 Å². The Morgan fingerprint density at radius 1 is 0.966 bits per heavy atom. The molecular formula is C23H30N4O2. The first-order valence-corrected chi connectivity index (χ1v) is 10.2. The van der Waals surface area contributed by atoms with Gasteiger partial charge in [0.2, 0.25) is 0 Å². The van der Waals surface area contributed by atoms with Crippen molar-refractivity contribution in [1.29, 1.82) is 0 Å². The minimum absolute atomic E-state index is 0.0134. The normalized spacial score (nSPS) is 15.1. The summed E-state index contributed by atoms with van der Waals surface area (Å²) in [4.78, 5) is 29.2. The molecule has 1 saturated heterocycles. The molecule has 3 rings (SSSR count). The fourth-order valence-electron chi connectivity index (χ4n) is 3.52. The molecule has 1 aliphatic heterocycles. The van der Waals surface area contributed by atoms with E-state index >= 15 is 0 Å². The third-order valence-corrected chi connectivity index (χ3v) is 4.91. The molecule has 6 heteroatoms. The van der Waals surface area contributed by atoms with E-state index in [1.807, 2.05) is 24.8 Å². The number of nitrogens with zero attached hydrogens (tertiary/aromatic N) is 2. The molecule has 2 aromatic carbocycles. The second-order valence-electron chi connectivity index (χ2n) is 7.74. The third-order valence-electron chi connectivity index (χ3n) is 4.91. The number of amides is 3. The zero-order valence-electron chi connectivity index (χ0n) is 17.2. The molecule has 0 aromatic heterocycles. The van der Waals surface area contributed by atoms with Gasteiger partial charge in [-0.25, -0.2) is 4.79 Å². The summed E-state index contributed by atoms with van der Waals surface area (Å²) in [6, 6.07) is 17.4. The summed E-state index contributed by atoms with van der Waals surface area (Å²) in [5.41, 5.74) is 2.52. The molecule has 154 valence electrons. The number of nitrogens with one attached hydrogen (secondary N) is 2. The Kier molecular flexibility index (Phi) is 7.25. The predicted molar refractivity (Wildman–Crippen MR) is 116 cm³/mol. The highest BCUT2D eigenvalue weighted by atomic mass is 16.2. The van der Waals surface area contributed by atoms with Crippen molar-refractivity contribution in [2.45, 2.75) is 32.9 Å². The molecule has 0 bridgehead atoms. The monoisotopic (exact) mass is 394 g/mol. The molecule has 0 radical (unpaired) electrons. The molecule has 0 unspecified atom stereocenters. The average Bonchev–Trinajstić information content (AvgIpc) is 2.93. The van der Waals surface area contributed by atoms with Crippen LogP contribution in [0.3, 0.4) is 0 Å². The van der Waals surface area contributed by atoms with Crippen molar-refractivity contribution < 1.29 is 9.59 Å². The van der Waals surface area contributed by atoms with Crippen LogP contribution in [0.5, 0.6) is 0 Å². The lowest BCUT2D eigenvalue weighted by molar-refractivity contribution is 0.0761. The van der Waals surface area contributed by atoms with Crippen LogP contribution in [0.15, 0.2) is 54.6 Å². The number of urea groups is 1. The molecule has 0 aliphatic carbocycles. The smallest absolute Gasteiger partial charge is 0.319 e. The van der Waals surface area contributed by atoms with Gasteiger partial charge in [0.05, 0.1) is 0 Å². The summed E-state index contributed by atoms with van der Waals surface area (Å²) in [6.07, 6.45) is 0.952. The van der Waals surface area contributed by atoms with Crippen LogP contribution in [-0.4, -0.2) is 54.0 Å². The van der Waals surface area contributed by atoms with E-state index < -0.39 is 0 Å². The molecule has 0 atom stereocenters. The van der Waals surface area contributed by atoms with Crippen LogP contribution in [-0.2, 0) is 6.54 Å². The van der Waals surface area contributed by atoms with Crippen LogP contribution >= 0.6 is 0 Å². The van der Waals surface area contributed by atoms with Crippen molar-refractivity contribution in [3.8, 4) is 0 Å². The highest BCUT2D eigenvalue weighted by Crippen LogP contribution is 2.15. The molecule has 1 fully saturated rings. The Morgan fingerprint density at radius 2 is 1.76 bits per heavy atom. The lowest BCUT2D eigenvalue weighted by atomic mass is 10.1. The number of anilines is 1. The van der Waals surface area contributed by atoms with Crippen LogP contribution in [0.25, 0.3) is 0 Å². The highest BCUT2D eigenvalue weighted by Gasteiger charge is 2.20. The first-order valence-electron chi connectivity index (χ1n) is 10.2. The second kappa shape index (κ2) is 10.1. The van der Waals surface area contributed by atoms with Crippen LogP contribution in [0.1, 0.15) is 36.2 Å². The summed E-state index contributed by atoms with van der Waals surface area (Å²) in [6.45, 7) is 8.00. The van der Waals surface area contributed by atoms with Gasteiger partial charge in [-0.2, -0.15) is 0 Å². The SMILES string of the molecule is CC(C)NC(=O)Nc1cccc(C(=O)N2CCCN(Cc3ccccc3)CC2)c1. The van der Waals surface area contributed by atoms with Gasteiger partial charge in [0.25, 0.3) is 5.91 Å². The number of rotatable bonds is 5. The largest absolute Gasteiger partial charge is 0.337 e. The summed E-state index contributed by atoms with van der Waals surface area (Å²) < 4.78 is 0. The van der Waals surface area contributed by atoms with E-state index in [-0.39, 0.29) is 18.0 Å². The summed E-state index contributed by atoms with van der Waals surface area (Å²) in [7, 11) is 0. The van der Waals surface area contributed by atoms with E-state index in [4.69, 9.17) is 0 Å². The van der Waals surface area contributed by atoms with E-state index in [0.29, 0.717) is 17.8 Å². The first-order chi connectivity index (χ1) is 14.0. The van der Waals surface area contributed by atoms with Gasteiger partial charge in [-0.1, -0.05) is 36.4 Å². The van der Waals surface area contributed by atoms with Crippen LogP contribution < -0.4 is 10.6 Å². The van der Waals surface area contributed by atoms with Crippen molar-refractivity contribution in [1.82, 2.24) is 15.1 Å². The van der Waals surface area contributed by atoms with Gasteiger partial charge in [-0.05, 0) is 44.0 Å². The van der Waals surface area contributed by atoms with E-state index in [1.165, 1.54) is 5.56 Å². The average molecular weight is 395 g/mol. The lowest BCUT2D eigenvalue weighted by Crippen LogP contribution is -2.35. The standard InChI is InChI=1S/C23H30N4O2/c1-18(2)24-23(29)25-21-11-6-10-20(16-21)22(28)27-13-7-12-26(14-15-27)17-19-8-4-3-5-9-19/h3-6,8-11,16,18H,7,12-15,17H2,1-2H3,(H2,24,25,29). The minimum Gasteiger partial charge on any atom is -0.337 e. The van der Waals surface area contributed by atoms with Crippen LogP contribution in [0.2, 0.25) is 0 Å². The van der Waals surface area contributed by atoms with Gasteiger partial charge in [-0.15, -0.1) is 0 Å². The summed E-state index contributed by atoms with van der Waals surface area (Å²) >= 11 is 0. The van der Waals surface area contributed by atoms with E-state index in [0.717, 1.165) is 32.6 Å².